The number of carbonyl (C=O) groups is 2. The van der Waals surface area contributed by atoms with Gasteiger partial charge < -0.3 is 19.9 Å². The number of carboxylic acid groups (broad SMARTS) is 1. The Morgan fingerprint density at radius 2 is 1.71 bits per heavy atom. The third kappa shape index (κ3) is 4.17. The van der Waals surface area contributed by atoms with Crippen LogP contribution in [0.5, 0.6) is 11.5 Å². The number of sulfonamides is 1. The summed E-state index contributed by atoms with van der Waals surface area (Å²) in [6.07, 6.45) is 0. The van der Waals surface area contributed by atoms with Gasteiger partial charge in [-0.05, 0) is 36.4 Å². The Labute approximate surface area is 161 Å². The second-order valence-corrected chi connectivity index (χ2v) is 7.80. The molecule has 0 saturated heterocycles. The molecule has 0 aromatic heterocycles. The lowest BCUT2D eigenvalue weighted by molar-refractivity contribution is -0.135. The van der Waals surface area contributed by atoms with Crippen LogP contribution in [0.15, 0.2) is 47.4 Å². The van der Waals surface area contributed by atoms with Crippen LogP contribution in [-0.4, -0.2) is 45.2 Å². The van der Waals surface area contributed by atoms with Gasteiger partial charge in [-0.3, -0.25) is 13.9 Å². The van der Waals surface area contributed by atoms with Crippen molar-refractivity contribution >= 4 is 33.3 Å². The quantitative estimate of drug-likeness (QED) is 0.748. The van der Waals surface area contributed by atoms with Gasteiger partial charge in [-0.15, -0.1) is 0 Å². The predicted octanol–water partition coefficient (Wildman–Crippen LogP) is 1.70. The number of rotatable bonds is 6. The average Bonchev–Trinajstić information content (AvgIpc) is 2.65. The molecule has 2 aromatic carbocycles. The van der Waals surface area contributed by atoms with Gasteiger partial charge in [-0.2, -0.15) is 0 Å². The molecule has 1 heterocycles. The Morgan fingerprint density at radius 1 is 1.07 bits per heavy atom. The van der Waals surface area contributed by atoms with E-state index in [-0.39, 0.29) is 16.5 Å². The number of benzene rings is 2. The molecule has 1 aliphatic rings. The standard InChI is InChI=1S/C18H18N2O7S/c1-12(21)19-13-2-5-15(6-3-13)28(24,25)20(11-18(22)23)14-4-7-16-17(10-14)27-9-8-26-16/h2-7,10H,8-9,11H2,1H3,(H,19,21)(H,22,23). The summed E-state index contributed by atoms with van der Waals surface area (Å²) in [6.45, 7) is 1.26. The molecule has 1 amide bonds. The summed E-state index contributed by atoms with van der Waals surface area (Å²) in [7, 11) is -4.18. The molecule has 28 heavy (non-hydrogen) atoms. The van der Waals surface area contributed by atoms with Crippen LogP contribution >= 0.6 is 0 Å². The first-order chi connectivity index (χ1) is 13.3. The molecule has 0 unspecified atom stereocenters. The normalized spacial score (nSPS) is 12.9. The minimum Gasteiger partial charge on any atom is -0.486 e. The van der Waals surface area contributed by atoms with E-state index in [0.717, 1.165) is 4.31 Å². The van der Waals surface area contributed by atoms with Gasteiger partial charge in [-0.1, -0.05) is 0 Å². The highest BCUT2D eigenvalue weighted by molar-refractivity contribution is 7.92. The largest absolute Gasteiger partial charge is 0.486 e. The zero-order valence-electron chi connectivity index (χ0n) is 14.9. The van der Waals surface area contributed by atoms with Crippen LogP contribution < -0.4 is 19.1 Å². The maximum Gasteiger partial charge on any atom is 0.324 e. The fourth-order valence-electron chi connectivity index (χ4n) is 2.67. The summed E-state index contributed by atoms with van der Waals surface area (Å²) in [4.78, 5) is 22.3. The van der Waals surface area contributed by atoms with E-state index in [1.54, 1.807) is 0 Å². The highest BCUT2D eigenvalue weighted by Crippen LogP contribution is 2.35. The van der Waals surface area contributed by atoms with Crippen molar-refractivity contribution in [3.05, 3.63) is 42.5 Å². The molecule has 0 radical (unpaired) electrons. The lowest BCUT2D eigenvalue weighted by Gasteiger charge is -2.25. The number of nitrogens with zero attached hydrogens (tertiary/aromatic N) is 1. The molecule has 2 aromatic rings. The zero-order valence-corrected chi connectivity index (χ0v) is 15.7. The minimum absolute atomic E-state index is 0.113. The van der Waals surface area contributed by atoms with E-state index in [1.165, 1.54) is 49.4 Å². The Bertz CT molecular complexity index is 1000. The third-order valence-electron chi connectivity index (χ3n) is 3.86. The SMILES string of the molecule is CC(=O)Nc1ccc(S(=O)(=O)N(CC(=O)O)c2ccc3c(c2)OCCO3)cc1. The van der Waals surface area contributed by atoms with Crippen LogP contribution in [0.2, 0.25) is 0 Å². The molecule has 10 heteroatoms. The summed E-state index contributed by atoms with van der Waals surface area (Å²) in [6, 6.07) is 9.88. The fourth-order valence-corrected chi connectivity index (χ4v) is 4.07. The van der Waals surface area contributed by atoms with Gasteiger partial charge in [0.05, 0.1) is 10.6 Å². The van der Waals surface area contributed by atoms with E-state index in [4.69, 9.17) is 9.47 Å². The number of fused-ring (bicyclic) bond motifs is 1. The third-order valence-corrected chi connectivity index (χ3v) is 5.64. The molecule has 0 fully saturated rings. The van der Waals surface area contributed by atoms with E-state index in [0.29, 0.717) is 30.4 Å². The summed E-state index contributed by atoms with van der Waals surface area (Å²) in [5.41, 5.74) is 0.563. The summed E-state index contributed by atoms with van der Waals surface area (Å²) in [5, 5.41) is 11.8. The van der Waals surface area contributed by atoms with Crippen LogP contribution in [0.1, 0.15) is 6.92 Å². The van der Waals surface area contributed by atoms with Crippen molar-refractivity contribution in [1.29, 1.82) is 0 Å². The van der Waals surface area contributed by atoms with Crippen LogP contribution in [-0.2, 0) is 19.6 Å². The number of hydrogen-bond donors (Lipinski definition) is 2. The zero-order chi connectivity index (χ0) is 20.3. The van der Waals surface area contributed by atoms with Crippen molar-refractivity contribution in [2.75, 3.05) is 29.4 Å². The van der Waals surface area contributed by atoms with E-state index < -0.39 is 22.5 Å². The Morgan fingerprint density at radius 3 is 2.32 bits per heavy atom. The molecule has 2 N–H and O–H groups in total. The summed E-state index contributed by atoms with van der Waals surface area (Å²) in [5.74, 6) is -0.801. The van der Waals surface area contributed by atoms with E-state index in [1.807, 2.05) is 0 Å². The molecular weight excluding hydrogens is 388 g/mol. The topological polar surface area (TPSA) is 122 Å². The van der Waals surface area contributed by atoms with Crippen molar-refractivity contribution in [2.45, 2.75) is 11.8 Å². The van der Waals surface area contributed by atoms with Gasteiger partial charge >= 0.3 is 5.97 Å². The second kappa shape index (κ2) is 7.77. The number of anilines is 2. The molecule has 0 spiro atoms. The minimum atomic E-state index is -4.18. The molecule has 3 rings (SSSR count). The van der Waals surface area contributed by atoms with E-state index in [9.17, 15) is 23.1 Å². The average molecular weight is 406 g/mol. The predicted molar refractivity (Wildman–Crippen MR) is 100 cm³/mol. The van der Waals surface area contributed by atoms with Crippen molar-refractivity contribution in [2.24, 2.45) is 0 Å². The highest BCUT2D eigenvalue weighted by atomic mass is 32.2. The molecule has 1 aliphatic heterocycles. The number of amides is 1. The lowest BCUT2D eigenvalue weighted by Crippen LogP contribution is -2.35. The van der Waals surface area contributed by atoms with Gasteiger partial charge in [0.2, 0.25) is 5.91 Å². The molecule has 0 aliphatic carbocycles. The number of ether oxygens (including phenoxy) is 2. The van der Waals surface area contributed by atoms with Crippen LogP contribution in [0.25, 0.3) is 0 Å². The van der Waals surface area contributed by atoms with Gasteiger partial charge in [0.15, 0.2) is 11.5 Å². The summed E-state index contributed by atoms with van der Waals surface area (Å²) >= 11 is 0. The van der Waals surface area contributed by atoms with Crippen LogP contribution in [0.3, 0.4) is 0 Å². The van der Waals surface area contributed by atoms with E-state index >= 15 is 0 Å². The van der Waals surface area contributed by atoms with Crippen molar-refractivity contribution in [3.63, 3.8) is 0 Å². The molecule has 0 atom stereocenters. The number of hydrogen-bond acceptors (Lipinski definition) is 6. The fraction of sp³-hybridized carbons (Fsp3) is 0.222. The van der Waals surface area contributed by atoms with Gasteiger partial charge in [0.25, 0.3) is 10.0 Å². The lowest BCUT2D eigenvalue weighted by atomic mass is 10.2. The van der Waals surface area contributed by atoms with Gasteiger partial charge in [-0.25, -0.2) is 8.42 Å². The first-order valence-corrected chi connectivity index (χ1v) is 9.73. The van der Waals surface area contributed by atoms with Crippen LogP contribution in [0, 0.1) is 0 Å². The molecule has 9 nitrogen and oxygen atoms in total. The van der Waals surface area contributed by atoms with Crippen LogP contribution in [0.4, 0.5) is 11.4 Å². The molecule has 148 valence electrons. The maximum atomic E-state index is 13.1. The molecule has 0 saturated carbocycles. The van der Waals surface area contributed by atoms with E-state index in [2.05, 4.69) is 5.32 Å². The number of carboxylic acids is 1. The first kappa shape index (κ1) is 19.5. The maximum absolute atomic E-state index is 13.1. The Hall–Kier alpha value is -3.27. The van der Waals surface area contributed by atoms with Gasteiger partial charge in [0.1, 0.15) is 19.8 Å². The molecule has 0 bridgehead atoms. The Balaban J connectivity index is 1.98. The molecular formula is C18H18N2O7S. The van der Waals surface area contributed by atoms with Crippen molar-refractivity contribution in [3.8, 4) is 11.5 Å². The smallest absolute Gasteiger partial charge is 0.324 e. The van der Waals surface area contributed by atoms with Crippen molar-refractivity contribution < 1.29 is 32.6 Å². The number of carbonyl (C=O) groups excluding carboxylic acids is 1. The number of nitrogens with one attached hydrogen (secondary N) is 1. The second-order valence-electron chi connectivity index (χ2n) is 5.94. The van der Waals surface area contributed by atoms with Crippen molar-refractivity contribution in [1.82, 2.24) is 0 Å². The Kier molecular flexibility index (Phi) is 5.41. The first-order valence-electron chi connectivity index (χ1n) is 8.29. The monoisotopic (exact) mass is 406 g/mol. The highest BCUT2D eigenvalue weighted by Gasteiger charge is 2.28. The van der Waals surface area contributed by atoms with Gasteiger partial charge in [0, 0.05) is 18.7 Å². The number of aliphatic carboxylic acids is 1. The summed E-state index contributed by atoms with van der Waals surface area (Å²) < 4.78 is 37.8.